The van der Waals surface area contributed by atoms with Crippen molar-refractivity contribution in [2.45, 2.75) is 37.2 Å². The van der Waals surface area contributed by atoms with Crippen LogP contribution in [0.25, 0.3) is 0 Å². The van der Waals surface area contributed by atoms with Crippen LogP contribution in [0.4, 0.5) is 0 Å². The first kappa shape index (κ1) is 19.6. The lowest BCUT2D eigenvalue weighted by atomic mass is 9.99. The van der Waals surface area contributed by atoms with Gasteiger partial charge in [0.1, 0.15) is 6.61 Å². The molecular formula is C19H24O5S. The van der Waals surface area contributed by atoms with E-state index >= 15 is 0 Å². The summed E-state index contributed by atoms with van der Waals surface area (Å²) >= 11 is 0. The zero-order valence-electron chi connectivity index (χ0n) is 14.6. The Morgan fingerprint density at radius 1 is 0.880 bits per heavy atom. The number of rotatable bonds is 10. The molecule has 2 aromatic rings. The first-order valence-electron chi connectivity index (χ1n) is 8.18. The number of hydrogen-bond acceptors (Lipinski definition) is 5. The van der Waals surface area contributed by atoms with Gasteiger partial charge in [0.2, 0.25) is 0 Å². The van der Waals surface area contributed by atoms with Crippen LogP contribution >= 0.6 is 0 Å². The Kier molecular flexibility index (Phi) is 7.13. The molecule has 0 saturated heterocycles. The highest BCUT2D eigenvalue weighted by Crippen LogP contribution is 2.18. The second kappa shape index (κ2) is 9.10. The molecule has 136 valence electrons. The summed E-state index contributed by atoms with van der Waals surface area (Å²) in [4.78, 5) is 10.6. The average Bonchev–Trinajstić information content (AvgIpc) is 2.61. The Morgan fingerprint density at radius 2 is 1.48 bits per heavy atom. The summed E-state index contributed by atoms with van der Waals surface area (Å²) in [5.41, 5.74) is 0.755. The van der Waals surface area contributed by atoms with Crippen LogP contribution in [0.15, 0.2) is 65.6 Å². The molecule has 0 fully saturated rings. The minimum absolute atomic E-state index is 0.0286. The molecule has 0 saturated carbocycles. The maximum Gasteiger partial charge on any atom is 0.297 e. The van der Waals surface area contributed by atoms with Crippen LogP contribution in [-0.4, -0.2) is 27.2 Å². The van der Waals surface area contributed by atoms with Crippen LogP contribution in [0, 0.1) is 0 Å². The first-order chi connectivity index (χ1) is 11.9. The Labute approximate surface area is 149 Å². The van der Waals surface area contributed by atoms with Gasteiger partial charge in [0, 0.05) is 0 Å². The maximum absolute atomic E-state index is 11.9. The van der Waals surface area contributed by atoms with E-state index in [-0.39, 0.29) is 18.1 Å². The van der Waals surface area contributed by atoms with Crippen molar-refractivity contribution < 1.29 is 22.4 Å². The second-order valence-corrected chi connectivity index (χ2v) is 7.86. The van der Waals surface area contributed by atoms with E-state index in [1.807, 2.05) is 32.0 Å². The van der Waals surface area contributed by atoms with Gasteiger partial charge in [-0.05, 0) is 44.4 Å². The molecule has 5 nitrogen and oxygen atoms in total. The predicted molar refractivity (Wildman–Crippen MR) is 95.5 cm³/mol. The highest BCUT2D eigenvalue weighted by Gasteiger charge is 2.20. The van der Waals surface area contributed by atoms with Gasteiger partial charge >= 0.3 is 0 Å². The van der Waals surface area contributed by atoms with Crippen molar-refractivity contribution in [1.82, 2.24) is 0 Å². The fourth-order valence-corrected chi connectivity index (χ4v) is 3.08. The van der Waals surface area contributed by atoms with Gasteiger partial charge in [0.15, 0.2) is 0 Å². The van der Waals surface area contributed by atoms with Gasteiger partial charge in [-0.2, -0.15) is 8.42 Å². The quantitative estimate of drug-likeness (QED) is 0.278. The molecule has 0 unspecified atom stereocenters. The largest absolute Gasteiger partial charge is 0.297 e. The second-order valence-electron chi connectivity index (χ2n) is 6.24. The number of hydrogen-bond donors (Lipinski definition) is 0. The fourth-order valence-electron chi connectivity index (χ4n) is 2.17. The van der Waals surface area contributed by atoms with Crippen molar-refractivity contribution in [3.63, 3.8) is 0 Å². The van der Waals surface area contributed by atoms with E-state index in [2.05, 4.69) is 12.1 Å². The van der Waals surface area contributed by atoms with E-state index in [9.17, 15) is 8.42 Å². The summed E-state index contributed by atoms with van der Waals surface area (Å²) in [6.07, 6.45) is 1.65. The monoisotopic (exact) mass is 364 g/mol. The van der Waals surface area contributed by atoms with Crippen LogP contribution in [0.1, 0.15) is 25.8 Å². The predicted octanol–water partition coefficient (Wildman–Crippen LogP) is 3.75. The molecule has 0 amide bonds. The molecule has 25 heavy (non-hydrogen) atoms. The third kappa shape index (κ3) is 6.96. The lowest BCUT2D eigenvalue weighted by molar-refractivity contribution is -0.355. The highest BCUT2D eigenvalue weighted by molar-refractivity contribution is 7.86. The van der Waals surface area contributed by atoms with Crippen LogP contribution in [0.3, 0.4) is 0 Å². The topological polar surface area (TPSA) is 61.8 Å². The van der Waals surface area contributed by atoms with Gasteiger partial charge in [-0.15, -0.1) is 0 Å². The Balaban J connectivity index is 1.68. The van der Waals surface area contributed by atoms with E-state index in [0.29, 0.717) is 0 Å². The lowest BCUT2D eigenvalue weighted by Crippen LogP contribution is -2.26. The van der Waals surface area contributed by atoms with E-state index in [1.54, 1.807) is 18.2 Å². The van der Waals surface area contributed by atoms with Gasteiger partial charge in [-0.25, -0.2) is 9.78 Å². The van der Waals surface area contributed by atoms with E-state index in [1.165, 1.54) is 17.7 Å². The van der Waals surface area contributed by atoms with Crippen molar-refractivity contribution in [2.75, 3.05) is 13.2 Å². The molecule has 0 N–H and O–H groups in total. The molecular weight excluding hydrogens is 340 g/mol. The molecule has 0 heterocycles. The van der Waals surface area contributed by atoms with E-state index in [0.717, 1.165) is 12.8 Å². The Bertz CT molecular complexity index is 727. The van der Waals surface area contributed by atoms with Crippen LogP contribution in [-0.2, 0) is 30.5 Å². The molecule has 2 rings (SSSR count). The van der Waals surface area contributed by atoms with Gasteiger partial charge in [0.05, 0.1) is 17.1 Å². The maximum atomic E-state index is 11.9. The molecule has 0 aliphatic heterocycles. The van der Waals surface area contributed by atoms with Crippen LogP contribution in [0.2, 0.25) is 0 Å². The normalized spacial score (nSPS) is 12.2. The molecule has 0 aromatic heterocycles. The molecule has 0 spiro atoms. The van der Waals surface area contributed by atoms with Gasteiger partial charge < -0.3 is 0 Å². The van der Waals surface area contributed by atoms with Crippen molar-refractivity contribution in [3.05, 3.63) is 66.2 Å². The molecule has 0 radical (unpaired) electrons. The Hall–Kier alpha value is -1.73. The minimum Gasteiger partial charge on any atom is -0.264 e. The molecule has 6 heteroatoms. The zero-order valence-corrected chi connectivity index (χ0v) is 15.4. The van der Waals surface area contributed by atoms with Gasteiger partial charge in [-0.1, -0.05) is 48.5 Å². The van der Waals surface area contributed by atoms with E-state index < -0.39 is 15.7 Å². The third-order valence-corrected chi connectivity index (χ3v) is 4.91. The van der Waals surface area contributed by atoms with Gasteiger partial charge in [0.25, 0.3) is 10.1 Å². The van der Waals surface area contributed by atoms with Crippen molar-refractivity contribution in [3.8, 4) is 0 Å². The molecule has 0 atom stereocenters. The van der Waals surface area contributed by atoms with Crippen molar-refractivity contribution in [1.29, 1.82) is 0 Å². The first-order valence-corrected chi connectivity index (χ1v) is 9.59. The SMILES string of the molecule is CC(C)(CCc1ccccc1)OOCCOS(=O)(=O)c1ccccc1. The summed E-state index contributed by atoms with van der Waals surface area (Å²) in [6, 6.07) is 18.1. The standard InChI is InChI=1S/C19H24O5S/c1-19(2,14-13-17-9-5-3-6-10-17)24-22-15-16-23-25(20,21)18-11-7-4-8-12-18/h3-12H,13-16H2,1-2H3. The number of aryl methyl sites for hydroxylation is 1. The van der Waals surface area contributed by atoms with Crippen molar-refractivity contribution in [2.24, 2.45) is 0 Å². The summed E-state index contributed by atoms with van der Waals surface area (Å²) in [5.74, 6) is 0. The number of benzene rings is 2. The third-order valence-electron chi connectivity index (χ3n) is 3.58. The minimum atomic E-state index is -3.76. The summed E-state index contributed by atoms with van der Waals surface area (Å²) < 4.78 is 28.8. The summed E-state index contributed by atoms with van der Waals surface area (Å²) in [7, 11) is -3.76. The van der Waals surface area contributed by atoms with Crippen LogP contribution in [0.5, 0.6) is 0 Å². The highest BCUT2D eigenvalue weighted by atomic mass is 32.2. The molecule has 0 aliphatic rings. The van der Waals surface area contributed by atoms with Crippen molar-refractivity contribution >= 4 is 10.1 Å². The lowest BCUT2D eigenvalue weighted by Gasteiger charge is -2.23. The molecule has 0 bridgehead atoms. The van der Waals surface area contributed by atoms with E-state index in [4.69, 9.17) is 14.0 Å². The summed E-state index contributed by atoms with van der Waals surface area (Å²) in [5, 5.41) is 0. The Morgan fingerprint density at radius 3 is 2.12 bits per heavy atom. The smallest absolute Gasteiger partial charge is 0.264 e. The zero-order chi connectivity index (χ0) is 18.2. The molecule has 2 aromatic carbocycles. The molecule has 0 aliphatic carbocycles. The van der Waals surface area contributed by atoms with Crippen LogP contribution < -0.4 is 0 Å². The summed E-state index contributed by atoms with van der Waals surface area (Å²) in [6.45, 7) is 3.78. The van der Waals surface area contributed by atoms with Gasteiger partial charge in [-0.3, -0.25) is 4.18 Å². The fraction of sp³-hybridized carbons (Fsp3) is 0.368. The average molecular weight is 364 g/mol.